The lowest BCUT2D eigenvalue weighted by atomic mass is 10.1. The molecule has 35 heavy (non-hydrogen) atoms. The van der Waals surface area contributed by atoms with Gasteiger partial charge in [0.25, 0.3) is 15.6 Å². The van der Waals surface area contributed by atoms with Crippen molar-refractivity contribution >= 4 is 44.1 Å². The summed E-state index contributed by atoms with van der Waals surface area (Å²) in [5.74, 6) is 1.17. The Morgan fingerprint density at radius 3 is 2.54 bits per heavy atom. The lowest BCUT2D eigenvalue weighted by Gasteiger charge is -2.11. The molecule has 0 amide bonds. The van der Waals surface area contributed by atoms with Gasteiger partial charge in [0.2, 0.25) is 0 Å². The van der Waals surface area contributed by atoms with Crippen LogP contribution in [0.3, 0.4) is 0 Å². The summed E-state index contributed by atoms with van der Waals surface area (Å²) in [4.78, 5) is 28.0. The van der Waals surface area contributed by atoms with E-state index in [0.717, 1.165) is 0 Å². The third kappa shape index (κ3) is 4.52. The second-order valence-corrected chi connectivity index (χ2v) is 9.21. The maximum atomic E-state index is 12.6. The van der Waals surface area contributed by atoms with Crippen LogP contribution >= 0.6 is 0 Å². The lowest BCUT2D eigenvalue weighted by Crippen LogP contribution is -2.13. The third-order valence-corrected chi connectivity index (χ3v) is 6.37. The fourth-order valence-corrected chi connectivity index (χ4v) is 4.33. The van der Waals surface area contributed by atoms with E-state index in [2.05, 4.69) is 35.1 Å². The van der Waals surface area contributed by atoms with E-state index >= 15 is 0 Å². The Kier molecular flexibility index (Phi) is 5.37. The molecule has 176 valence electrons. The molecule has 0 aliphatic rings. The van der Waals surface area contributed by atoms with Gasteiger partial charge in [0.1, 0.15) is 22.8 Å². The highest BCUT2D eigenvalue weighted by atomic mass is 32.2. The average Bonchev–Trinajstić information content (AvgIpc) is 3.23. The van der Waals surface area contributed by atoms with Crippen LogP contribution in [0.5, 0.6) is 0 Å². The zero-order chi connectivity index (χ0) is 24.6. The van der Waals surface area contributed by atoms with Crippen molar-refractivity contribution in [3.8, 4) is 11.3 Å². The van der Waals surface area contributed by atoms with Crippen LogP contribution < -0.4 is 21.3 Å². The number of anilines is 4. The van der Waals surface area contributed by atoms with Crippen LogP contribution in [0.2, 0.25) is 0 Å². The average molecular weight is 491 g/mol. The Labute approximate surface area is 198 Å². The summed E-state index contributed by atoms with van der Waals surface area (Å²) in [5, 5.41) is 6.97. The summed E-state index contributed by atoms with van der Waals surface area (Å²) in [6, 6.07) is 12.5. The van der Waals surface area contributed by atoms with E-state index in [9.17, 15) is 13.2 Å². The Balaban J connectivity index is 1.49. The minimum absolute atomic E-state index is 0.0164. The number of nitrogens with two attached hydrogens (primary N) is 1. The molecule has 12 nitrogen and oxygen atoms in total. The van der Waals surface area contributed by atoms with E-state index < -0.39 is 10.0 Å². The van der Waals surface area contributed by atoms with Gasteiger partial charge in [0, 0.05) is 23.5 Å². The van der Waals surface area contributed by atoms with Crippen LogP contribution in [-0.2, 0) is 10.0 Å². The molecule has 0 saturated carbocycles. The smallest absolute Gasteiger partial charge is 0.263 e. The van der Waals surface area contributed by atoms with Crippen molar-refractivity contribution < 1.29 is 12.9 Å². The number of aryl methyl sites for hydroxylation is 1. The fraction of sp³-hybridized carbons (Fsp3) is 0.0455. The number of hydrogen-bond acceptors (Lipinski definition) is 10. The van der Waals surface area contributed by atoms with Crippen molar-refractivity contribution in [2.45, 2.75) is 11.8 Å². The number of aromatic amines is 1. The molecule has 0 bridgehead atoms. The van der Waals surface area contributed by atoms with Crippen LogP contribution in [-0.4, -0.2) is 33.5 Å². The number of hydrogen-bond donors (Lipinski definition) is 4. The predicted molar refractivity (Wildman–Crippen MR) is 130 cm³/mol. The van der Waals surface area contributed by atoms with Gasteiger partial charge in [-0.2, -0.15) is 0 Å². The van der Waals surface area contributed by atoms with Crippen molar-refractivity contribution in [2.24, 2.45) is 0 Å². The number of nitrogens with one attached hydrogen (secondary N) is 3. The number of benzene rings is 1. The minimum Gasteiger partial charge on any atom is -0.384 e. The maximum absolute atomic E-state index is 12.6. The Hall–Kier alpha value is -4.78. The van der Waals surface area contributed by atoms with Gasteiger partial charge in [-0.25, -0.2) is 23.4 Å². The Morgan fingerprint density at radius 1 is 1.06 bits per heavy atom. The molecule has 0 aliphatic heterocycles. The number of H-pyrrole nitrogens is 1. The molecule has 0 atom stereocenters. The third-order valence-electron chi connectivity index (χ3n) is 5.00. The highest BCUT2D eigenvalue weighted by Gasteiger charge is 2.17. The molecule has 0 saturated heterocycles. The van der Waals surface area contributed by atoms with Gasteiger partial charge in [-0.3, -0.25) is 9.52 Å². The highest BCUT2D eigenvalue weighted by Crippen LogP contribution is 2.27. The largest absolute Gasteiger partial charge is 0.384 e. The molecular weight excluding hydrogens is 472 g/mol. The fourth-order valence-electron chi connectivity index (χ4n) is 3.35. The predicted octanol–water partition coefficient (Wildman–Crippen LogP) is 2.80. The van der Waals surface area contributed by atoms with Crippen molar-refractivity contribution in [1.29, 1.82) is 0 Å². The molecule has 0 aliphatic carbocycles. The molecule has 1 aromatic carbocycles. The van der Waals surface area contributed by atoms with Crippen molar-refractivity contribution in [3.05, 3.63) is 77.2 Å². The lowest BCUT2D eigenvalue weighted by molar-refractivity contribution is 0.400. The quantitative estimate of drug-likeness (QED) is 0.276. The standard InChI is InChI=1S/C22H18N8O4S/c1-12-8-19(29-34-12)30-35(32,33)15-5-3-14(4-6-15)27-21-20-17(25-11-26-22(20)31)9-16(28-21)13-2-7-18(23)24-10-13/h2-11H,1H3,(H2,23,24)(H,27,28)(H,29,30)(H,25,26,31). The van der Waals surface area contributed by atoms with Gasteiger partial charge >= 0.3 is 0 Å². The van der Waals surface area contributed by atoms with Crippen LogP contribution in [0.25, 0.3) is 22.2 Å². The zero-order valence-corrected chi connectivity index (χ0v) is 19.0. The molecule has 0 unspecified atom stereocenters. The van der Waals surface area contributed by atoms with Crippen LogP contribution in [0.1, 0.15) is 5.76 Å². The Bertz CT molecular complexity index is 1690. The number of aromatic nitrogens is 5. The molecule has 5 aromatic rings. The Morgan fingerprint density at radius 2 is 1.86 bits per heavy atom. The number of fused-ring (bicyclic) bond motifs is 1. The van der Waals surface area contributed by atoms with Crippen molar-refractivity contribution in [1.82, 2.24) is 25.1 Å². The summed E-state index contributed by atoms with van der Waals surface area (Å²) in [6.07, 6.45) is 2.88. The molecule has 13 heteroatoms. The van der Waals surface area contributed by atoms with E-state index in [4.69, 9.17) is 10.3 Å². The summed E-state index contributed by atoms with van der Waals surface area (Å²) in [6.45, 7) is 1.66. The first-order valence-corrected chi connectivity index (χ1v) is 11.7. The number of nitrogen functional groups attached to an aromatic ring is 1. The van der Waals surface area contributed by atoms with Gasteiger partial charge in [0.05, 0.1) is 22.4 Å². The van der Waals surface area contributed by atoms with Gasteiger partial charge in [-0.05, 0) is 49.4 Å². The van der Waals surface area contributed by atoms with Crippen LogP contribution in [0.4, 0.5) is 23.1 Å². The molecule has 4 aromatic heterocycles. The summed E-state index contributed by atoms with van der Waals surface area (Å²) >= 11 is 0. The second kappa shape index (κ2) is 8.53. The SMILES string of the molecule is Cc1cc(NS(=O)(=O)c2ccc(Nc3nc(-c4ccc(N)nc4)cc4nc[nH]c(=O)c34)cc2)no1. The summed E-state index contributed by atoms with van der Waals surface area (Å²) in [5.41, 5.74) is 7.43. The van der Waals surface area contributed by atoms with E-state index in [0.29, 0.717) is 34.0 Å². The molecular formula is C22H18N8O4S. The first-order valence-electron chi connectivity index (χ1n) is 10.2. The number of sulfonamides is 1. The first-order chi connectivity index (χ1) is 16.8. The van der Waals surface area contributed by atoms with E-state index in [-0.39, 0.29) is 27.5 Å². The van der Waals surface area contributed by atoms with Gasteiger partial charge in [-0.15, -0.1) is 0 Å². The monoisotopic (exact) mass is 490 g/mol. The van der Waals surface area contributed by atoms with Crippen LogP contribution in [0, 0.1) is 6.92 Å². The number of nitrogens with zero attached hydrogens (tertiary/aromatic N) is 4. The van der Waals surface area contributed by atoms with Crippen molar-refractivity contribution in [3.63, 3.8) is 0 Å². The molecule has 0 fully saturated rings. The summed E-state index contributed by atoms with van der Waals surface area (Å²) < 4.78 is 32.5. The first kappa shape index (κ1) is 22.0. The maximum Gasteiger partial charge on any atom is 0.263 e. The normalized spacial score (nSPS) is 11.5. The molecule has 5 rings (SSSR count). The minimum atomic E-state index is -3.88. The summed E-state index contributed by atoms with van der Waals surface area (Å²) in [7, 11) is -3.88. The van der Waals surface area contributed by atoms with E-state index in [1.807, 2.05) is 0 Å². The molecule has 0 radical (unpaired) electrons. The number of pyridine rings is 2. The van der Waals surface area contributed by atoms with Crippen LogP contribution in [0.15, 0.2) is 75.3 Å². The second-order valence-electron chi connectivity index (χ2n) is 7.53. The van der Waals surface area contributed by atoms with E-state index in [1.165, 1.54) is 24.5 Å². The van der Waals surface area contributed by atoms with Gasteiger partial charge in [-0.1, -0.05) is 5.16 Å². The molecule has 0 spiro atoms. The van der Waals surface area contributed by atoms with Crippen molar-refractivity contribution in [2.75, 3.05) is 15.8 Å². The number of rotatable bonds is 6. The zero-order valence-electron chi connectivity index (χ0n) is 18.2. The molecule has 5 N–H and O–H groups in total. The molecule has 4 heterocycles. The van der Waals surface area contributed by atoms with Gasteiger partial charge < -0.3 is 20.6 Å². The topological polar surface area (TPSA) is 182 Å². The van der Waals surface area contributed by atoms with E-state index in [1.54, 1.807) is 43.5 Å². The van der Waals surface area contributed by atoms with Gasteiger partial charge in [0.15, 0.2) is 5.82 Å². The highest BCUT2D eigenvalue weighted by molar-refractivity contribution is 7.92.